The Morgan fingerprint density at radius 3 is 2.86 bits per heavy atom. The van der Waals surface area contributed by atoms with Crippen molar-refractivity contribution in [2.45, 2.75) is 0 Å². The highest BCUT2D eigenvalue weighted by Crippen LogP contribution is 2.28. The number of nitrogens with zero attached hydrogens (tertiary/aromatic N) is 1. The van der Waals surface area contributed by atoms with E-state index in [-0.39, 0.29) is 5.78 Å². The van der Waals surface area contributed by atoms with E-state index in [0.717, 1.165) is 15.6 Å². The summed E-state index contributed by atoms with van der Waals surface area (Å²) in [6.07, 6.45) is 3.26. The summed E-state index contributed by atoms with van der Waals surface area (Å²) in [6.45, 7) is 0. The number of hydrogen-bond acceptors (Lipinski definition) is 4. The molecule has 0 atom stereocenters. The Kier molecular flexibility index (Phi) is 4.29. The third-order valence-corrected chi connectivity index (χ3v) is 4.90. The van der Waals surface area contributed by atoms with Crippen molar-refractivity contribution in [3.05, 3.63) is 69.5 Å². The first-order valence-electron chi connectivity index (χ1n) is 6.20. The predicted octanol–water partition coefficient (Wildman–Crippen LogP) is 5.42. The number of carbonyl (C=O) groups is 1. The van der Waals surface area contributed by atoms with Gasteiger partial charge in [-0.05, 0) is 35.7 Å². The number of thiophene rings is 1. The number of ketones is 1. The summed E-state index contributed by atoms with van der Waals surface area (Å²) in [7, 11) is 0. The molecule has 0 N–H and O–H groups in total. The first kappa shape index (κ1) is 14.2. The number of benzene rings is 1. The Morgan fingerprint density at radius 1 is 1.19 bits per heavy atom. The summed E-state index contributed by atoms with van der Waals surface area (Å²) >= 11 is 9.11. The molecule has 104 valence electrons. The van der Waals surface area contributed by atoms with Crippen LogP contribution in [-0.2, 0) is 0 Å². The fraction of sp³-hybridized carbons (Fsp3) is 0. The summed E-state index contributed by atoms with van der Waals surface area (Å²) in [4.78, 5) is 17.7. The van der Waals surface area contributed by atoms with Crippen LogP contribution in [0.1, 0.15) is 16.1 Å². The van der Waals surface area contributed by atoms with E-state index in [1.165, 1.54) is 6.08 Å². The highest BCUT2D eigenvalue weighted by Gasteiger charge is 2.05. The van der Waals surface area contributed by atoms with Crippen LogP contribution in [0, 0.1) is 0 Å². The summed E-state index contributed by atoms with van der Waals surface area (Å²) in [5.74, 6) is -0.0804. The van der Waals surface area contributed by atoms with Crippen LogP contribution in [-0.4, -0.2) is 10.8 Å². The van der Waals surface area contributed by atoms with Gasteiger partial charge in [0.2, 0.25) is 0 Å². The van der Waals surface area contributed by atoms with Crippen LogP contribution in [0.25, 0.3) is 16.0 Å². The number of hydrogen-bond donors (Lipinski definition) is 0. The van der Waals surface area contributed by atoms with E-state index in [9.17, 15) is 4.79 Å². The minimum Gasteiger partial charge on any atom is -0.289 e. The molecule has 0 aliphatic heterocycles. The molecule has 21 heavy (non-hydrogen) atoms. The third-order valence-electron chi connectivity index (χ3n) is 2.77. The molecular weight excluding hydrogens is 322 g/mol. The number of carbonyl (C=O) groups excluding carboxylic acids is 1. The number of halogens is 1. The molecular formula is C16H10ClNOS2. The molecule has 0 unspecified atom stereocenters. The highest BCUT2D eigenvalue weighted by atomic mass is 35.5. The normalized spacial score (nSPS) is 11.1. The molecule has 0 amide bonds. The molecule has 1 aromatic carbocycles. The van der Waals surface area contributed by atoms with Gasteiger partial charge in [-0.1, -0.05) is 29.8 Å². The molecule has 2 aromatic heterocycles. The lowest BCUT2D eigenvalue weighted by Crippen LogP contribution is -1.93. The van der Waals surface area contributed by atoms with E-state index in [0.29, 0.717) is 10.6 Å². The minimum absolute atomic E-state index is 0.0804. The molecule has 3 rings (SSSR count). The zero-order valence-corrected chi connectivity index (χ0v) is 13.2. The Labute approximate surface area is 135 Å². The van der Waals surface area contributed by atoms with E-state index in [4.69, 9.17) is 11.6 Å². The number of aromatic nitrogens is 1. The van der Waals surface area contributed by atoms with Gasteiger partial charge in [0.15, 0.2) is 5.78 Å². The zero-order valence-electron chi connectivity index (χ0n) is 10.8. The Bertz CT molecular complexity index is 790. The van der Waals surface area contributed by atoms with Crippen LogP contribution in [0.2, 0.25) is 5.02 Å². The molecule has 0 radical (unpaired) electrons. The fourth-order valence-electron chi connectivity index (χ4n) is 1.78. The van der Waals surface area contributed by atoms with Crippen LogP contribution < -0.4 is 0 Å². The van der Waals surface area contributed by atoms with E-state index >= 15 is 0 Å². The maximum Gasteiger partial charge on any atom is 0.185 e. The van der Waals surface area contributed by atoms with Gasteiger partial charge >= 0.3 is 0 Å². The van der Waals surface area contributed by atoms with Crippen LogP contribution >= 0.6 is 34.3 Å². The van der Waals surface area contributed by atoms with Crippen molar-refractivity contribution >= 4 is 46.1 Å². The Balaban J connectivity index is 1.76. The number of rotatable bonds is 4. The summed E-state index contributed by atoms with van der Waals surface area (Å²) < 4.78 is 0. The van der Waals surface area contributed by atoms with Gasteiger partial charge in [0.05, 0.1) is 10.6 Å². The maximum absolute atomic E-state index is 12.0. The molecule has 0 aliphatic carbocycles. The topological polar surface area (TPSA) is 30.0 Å². The molecule has 0 aliphatic rings. The molecule has 0 spiro atoms. The lowest BCUT2D eigenvalue weighted by atomic mass is 10.1. The predicted molar refractivity (Wildman–Crippen MR) is 90.2 cm³/mol. The van der Waals surface area contributed by atoms with Crippen molar-refractivity contribution in [3.63, 3.8) is 0 Å². The smallest absolute Gasteiger partial charge is 0.185 e. The minimum atomic E-state index is -0.0804. The van der Waals surface area contributed by atoms with Gasteiger partial charge in [0.1, 0.15) is 5.01 Å². The average Bonchev–Trinajstić information content (AvgIpc) is 3.15. The van der Waals surface area contributed by atoms with Crippen molar-refractivity contribution in [1.29, 1.82) is 0 Å². The van der Waals surface area contributed by atoms with Crippen LogP contribution in [0.3, 0.4) is 0 Å². The third kappa shape index (κ3) is 3.47. The van der Waals surface area contributed by atoms with E-state index in [2.05, 4.69) is 4.98 Å². The first-order chi connectivity index (χ1) is 10.2. The average molecular weight is 332 g/mol. The van der Waals surface area contributed by atoms with Gasteiger partial charge in [0, 0.05) is 16.0 Å². The largest absolute Gasteiger partial charge is 0.289 e. The summed E-state index contributed by atoms with van der Waals surface area (Å²) in [6, 6.07) is 11.0. The molecule has 2 nitrogen and oxygen atoms in total. The van der Waals surface area contributed by atoms with Crippen molar-refractivity contribution in [1.82, 2.24) is 4.98 Å². The quantitative estimate of drug-likeness (QED) is 0.472. The first-order valence-corrected chi connectivity index (χ1v) is 8.33. The lowest BCUT2D eigenvalue weighted by Gasteiger charge is -1.95. The highest BCUT2D eigenvalue weighted by molar-refractivity contribution is 7.20. The second-order valence-corrected chi connectivity index (χ2v) is 6.50. The van der Waals surface area contributed by atoms with E-state index in [1.54, 1.807) is 53.0 Å². The van der Waals surface area contributed by atoms with Gasteiger partial charge in [-0.3, -0.25) is 4.79 Å². The summed E-state index contributed by atoms with van der Waals surface area (Å²) in [5, 5.41) is 5.49. The van der Waals surface area contributed by atoms with E-state index < -0.39 is 0 Å². The SMILES string of the molecule is O=C(/C=C/c1csc(-c2cccs2)n1)c1cccc(Cl)c1. The van der Waals surface area contributed by atoms with Crippen molar-refractivity contribution in [2.75, 3.05) is 0 Å². The maximum atomic E-state index is 12.0. The van der Waals surface area contributed by atoms with Gasteiger partial charge in [-0.15, -0.1) is 22.7 Å². The van der Waals surface area contributed by atoms with Crippen molar-refractivity contribution < 1.29 is 4.79 Å². The van der Waals surface area contributed by atoms with Crippen molar-refractivity contribution in [3.8, 4) is 9.88 Å². The van der Waals surface area contributed by atoms with Gasteiger partial charge in [0.25, 0.3) is 0 Å². The standard InChI is InChI=1S/C16H10ClNOS2/c17-12-4-1-3-11(9-12)14(19)7-6-13-10-21-16(18-13)15-5-2-8-20-15/h1-10H/b7-6+. The van der Waals surface area contributed by atoms with Gasteiger partial charge in [-0.25, -0.2) is 4.98 Å². The van der Waals surface area contributed by atoms with Gasteiger partial charge < -0.3 is 0 Å². The zero-order chi connectivity index (χ0) is 14.7. The lowest BCUT2D eigenvalue weighted by molar-refractivity contribution is 0.104. The molecule has 0 saturated heterocycles. The second-order valence-electron chi connectivity index (χ2n) is 4.26. The number of thiazole rings is 1. The molecule has 2 heterocycles. The van der Waals surface area contributed by atoms with Crippen LogP contribution in [0.15, 0.2) is 53.2 Å². The number of allylic oxidation sites excluding steroid dienone is 1. The van der Waals surface area contributed by atoms with Crippen molar-refractivity contribution in [2.24, 2.45) is 0 Å². The molecule has 0 bridgehead atoms. The molecule has 5 heteroatoms. The fourth-order valence-corrected chi connectivity index (χ4v) is 3.57. The van der Waals surface area contributed by atoms with Crippen LogP contribution in [0.4, 0.5) is 0 Å². The molecule has 0 saturated carbocycles. The Morgan fingerprint density at radius 2 is 2.10 bits per heavy atom. The molecule has 0 fully saturated rings. The van der Waals surface area contributed by atoms with Crippen LogP contribution in [0.5, 0.6) is 0 Å². The molecule has 3 aromatic rings. The Hall–Kier alpha value is -1.75. The second kappa shape index (κ2) is 6.35. The van der Waals surface area contributed by atoms with Gasteiger partial charge in [-0.2, -0.15) is 0 Å². The van der Waals surface area contributed by atoms with E-state index in [1.807, 2.05) is 22.9 Å². The monoisotopic (exact) mass is 331 g/mol. The summed E-state index contributed by atoms with van der Waals surface area (Å²) in [5.41, 5.74) is 1.37.